The standard InChI is InChI=1S/C14H4I2O7/c17-11-5-1-3-7(15-9(5)13(19)22-11)21-8-4-2-6-10(16-8)14(20)23-12(6)18/h1-4H. The topological polar surface area (TPSA) is 96.0 Å². The van der Waals surface area contributed by atoms with Gasteiger partial charge in [0.2, 0.25) is 0 Å². The maximum absolute atomic E-state index is 11.6. The van der Waals surface area contributed by atoms with Gasteiger partial charge in [-0.2, -0.15) is 0 Å². The van der Waals surface area contributed by atoms with E-state index in [0.29, 0.717) is 25.7 Å². The van der Waals surface area contributed by atoms with Crippen molar-refractivity contribution in [1.29, 1.82) is 0 Å². The van der Waals surface area contributed by atoms with Crippen LogP contribution in [0.2, 0.25) is 0 Å². The van der Waals surface area contributed by atoms with Crippen molar-refractivity contribution in [3.8, 4) is 0 Å². The van der Waals surface area contributed by atoms with Gasteiger partial charge in [-0.15, -0.1) is 0 Å². The maximum atomic E-state index is 11.6. The van der Waals surface area contributed by atoms with Gasteiger partial charge in [0.1, 0.15) is 14.5 Å². The molecule has 7 nitrogen and oxygen atoms in total. The fraction of sp³-hybridized carbons (Fsp3) is 0. The number of cyclic esters (lactones) is 4. The molecule has 0 unspecified atom stereocenters. The molecule has 4 heterocycles. The third-order valence-electron chi connectivity index (χ3n) is 2.97. The van der Waals surface area contributed by atoms with Crippen LogP contribution < -0.4 is 0 Å². The zero-order valence-electron chi connectivity index (χ0n) is 10.9. The minimum Gasteiger partial charge on any atom is -0.385 e. The lowest BCUT2D eigenvalue weighted by Gasteiger charge is -2.09. The van der Waals surface area contributed by atoms with Crippen LogP contribution in [-0.4, -0.2) is 31.3 Å². The highest BCUT2D eigenvalue weighted by Crippen LogP contribution is 2.36. The smallest absolute Gasteiger partial charge is 0.352 e. The molecule has 0 spiro atoms. The Hall–Kier alpha value is -1.60. The molecule has 0 amide bonds. The Morgan fingerprint density at radius 2 is 1.09 bits per heavy atom. The van der Waals surface area contributed by atoms with E-state index in [4.69, 9.17) is 4.74 Å². The molecule has 0 fully saturated rings. The molecule has 4 aliphatic heterocycles. The molecule has 4 aliphatic rings. The quantitative estimate of drug-likeness (QED) is 0.295. The van der Waals surface area contributed by atoms with E-state index in [0.717, 1.165) is 0 Å². The van der Waals surface area contributed by atoms with Crippen LogP contribution >= 0.6 is 41.5 Å². The van der Waals surface area contributed by atoms with E-state index >= 15 is 0 Å². The summed E-state index contributed by atoms with van der Waals surface area (Å²) in [5.74, 6) is -2.48. The van der Waals surface area contributed by atoms with Gasteiger partial charge < -0.3 is 9.47 Å². The summed E-state index contributed by atoms with van der Waals surface area (Å²) in [6.07, 6.45) is 6.28. The molecule has 0 saturated heterocycles. The lowest BCUT2D eigenvalue weighted by Crippen LogP contribution is -2.09. The van der Waals surface area contributed by atoms with Crippen LogP contribution in [0.5, 0.6) is 0 Å². The monoisotopic (exact) mass is 538 g/mol. The molecular formula is C14H4I2O7. The molecule has 116 valence electrons. The van der Waals surface area contributed by atoms with Gasteiger partial charge in [0.15, 0.2) is 0 Å². The van der Waals surface area contributed by atoms with Crippen molar-refractivity contribution in [2.24, 2.45) is 0 Å². The average molecular weight is 538 g/mol. The van der Waals surface area contributed by atoms with Crippen LogP contribution in [0.1, 0.15) is 0 Å². The van der Waals surface area contributed by atoms with E-state index in [1.807, 2.05) is 0 Å². The molecule has 0 aromatic carbocycles. The van der Waals surface area contributed by atoms with E-state index in [1.165, 1.54) is 12.2 Å². The van der Waals surface area contributed by atoms with Crippen LogP contribution in [0.4, 0.5) is 0 Å². The number of carbonyl (C=O) groups is 4. The van der Waals surface area contributed by atoms with E-state index in [-0.39, 0.29) is 0 Å². The highest BCUT2D eigenvalue weighted by molar-refractivity contribution is 14.2. The molecule has 0 N–H and O–H groups in total. The molecule has 0 atom stereocenters. The van der Waals surface area contributed by atoms with Crippen molar-refractivity contribution in [2.75, 3.05) is 0 Å². The van der Waals surface area contributed by atoms with E-state index in [1.54, 1.807) is 12.2 Å². The van der Waals surface area contributed by atoms with Crippen molar-refractivity contribution in [1.82, 2.24) is 0 Å². The fourth-order valence-corrected chi connectivity index (χ4v) is 6.92. The summed E-state index contributed by atoms with van der Waals surface area (Å²) in [6, 6.07) is 0. The Morgan fingerprint density at radius 3 is 1.52 bits per heavy atom. The first-order valence-corrected chi connectivity index (χ1v) is 10.4. The molecule has 0 radical (unpaired) electrons. The predicted octanol–water partition coefficient (Wildman–Crippen LogP) is 1.02. The number of hydrogen-bond donors (Lipinski definition) is 0. The molecule has 23 heavy (non-hydrogen) atoms. The average Bonchev–Trinajstić information content (AvgIpc) is 2.96. The molecule has 0 aliphatic carbocycles. The van der Waals surface area contributed by atoms with Gasteiger partial charge in [0.25, 0.3) is 0 Å². The predicted molar refractivity (Wildman–Crippen MR) is 93.7 cm³/mol. The maximum Gasteiger partial charge on any atom is 0.352 e. The van der Waals surface area contributed by atoms with Crippen LogP contribution in [-0.2, 0) is 33.4 Å². The van der Waals surface area contributed by atoms with Gasteiger partial charge in [0.05, 0.1) is 11.1 Å². The molecule has 0 aromatic rings. The van der Waals surface area contributed by atoms with Crippen LogP contribution in [0.3, 0.4) is 0 Å². The summed E-state index contributed by atoms with van der Waals surface area (Å²) in [5.41, 5.74) is 0.591. The zero-order chi connectivity index (χ0) is 16.1. The van der Waals surface area contributed by atoms with Crippen molar-refractivity contribution in [3.05, 3.63) is 42.6 Å². The second-order valence-electron chi connectivity index (χ2n) is 4.38. The van der Waals surface area contributed by atoms with E-state index < -0.39 is 65.3 Å². The van der Waals surface area contributed by atoms with Gasteiger partial charge in [0, 0.05) is 0 Å². The summed E-state index contributed by atoms with van der Waals surface area (Å²) in [6.45, 7) is 0. The molecule has 4 rings (SSSR count). The van der Waals surface area contributed by atoms with Gasteiger partial charge in [-0.3, -0.25) is 4.74 Å². The van der Waals surface area contributed by atoms with E-state index in [2.05, 4.69) is 9.47 Å². The Kier molecular flexibility index (Phi) is 3.57. The van der Waals surface area contributed by atoms with Crippen molar-refractivity contribution in [2.45, 2.75) is 0 Å². The summed E-state index contributed by atoms with van der Waals surface area (Å²) >= 11 is -1.94. The SMILES string of the molecule is O=C1OC(=O)C2=C1C=CC(OC1=IC3=C(C=C1)C(=O)OC3=O)=I2. The number of rotatable bonds is 2. The third kappa shape index (κ3) is 2.52. The molecule has 0 bridgehead atoms. The van der Waals surface area contributed by atoms with Gasteiger partial charge in [-0.1, -0.05) is 0 Å². The molecular weight excluding hydrogens is 534 g/mol. The van der Waals surface area contributed by atoms with Crippen molar-refractivity contribution < 1.29 is 33.4 Å². The number of ether oxygens (including phenoxy) is 3. The Bertz CT molecular complexity index is 837. The lowest BCUT2D eigenvalue weighted by molar-refractivity contribution is -0.152. The second-order valence-corrected chi connectivity index (χ2v) is 9.74. The molecule has 0 saturated carbocycles. The number of hydrogen-bond acceptors (Lipinski definition) is 7. The Balaban J connectivity index is 1.62. The highest BCUT2D eigenvalue weighted by Gasteiger charge is 2.34. The number of carbonyl (C=O) groups excluding carboxylic acids is 4. The molecule has 9 heteroatoms. The Morgan fingerprint density at radius 1 is 0.652 bits per heavy atom. The van der Waals surface area contributed by atoms with Crippen LogP contribution in [0, 0.1) is 0 Å². The summed E-state index contributed by atoms with van der Waals surface area (Å²) in [4.78, 5) is 46.0. The second kappa shape index (κ2) is 5.49. The van der Waals surface area contributed by atoms with Gasteiger partial charge in [-0.05, 0) is 65.8 Å². The normalized spacial score (nSPS) is 22.8. The fourth-order valence-electron chi connectivity index (χ4n) is 1.98. The van der Waals surface area contributed by atoms with Crippen LogP contribution in [0.25, 0.3) is 0 Å². The third-order valence-corrected chi connectivity index (χ3v) is 8.32. The summed E-state index contributed by atoms with van der Waals surface area (Å²) < 4.78 is 16.8. The largest absolute Gasteiger partial charge is 0.385 e. The van der Waals surface area contributed by atoms with E-state index in [9.17, 15) is 19.2 Å². The first-order valence-electron chi connectivity index (χ1n) is 6.12. The van der Waals surface area contributed by atoms with Gasteiger partial charge in [-0.25, -0.2) is 19.2 Å². The highest BCUT2D eigenvalue weighted by atomic mass is 127. The first kappa shape index (κ1) is 15.0. The number of esters is 4. The minimum atomic E-state index is -0.969. The summed E-state index contributed by atoms with van der Waals surface area (Å²) in [7, 11) is 0. The zero-order valence-corrected chi connectivity index (χ0v) is 15.2. The Labute approximate surface area is 148 Å². The first-order chi connectivity index (χ1) is 11.0. The molecule has 0 aromatic heterocycles. The summed E-state index contributed by atoms with van der Waals surface area (Å²) in [5, 5.41) is 0. The number of halogens is 2. The van der Waals surface area contributed by atoms with Gasteiger partial charge >= 0.3 is 23.9 Å². The van der Waals surface area contributed by atoms with Crippen molar-refractivity contribution in [3.63, 3.8) is 0 Å². The van der Waals surface area contributed by atoms with Crippen molar-refractivity contribution >= 4 is 72.7 Å². The lowest BCUT2D eigenvalue weighted by atomic mass is 10.2. The minimum absolute atomic E-state index is 0.295. The van der Waals surface area contributed by atoms with Crippen LogP contribution in [0.15, 0.2) is 42.6 Å².